The van der Waals surface area contributed by atoms with Gasteiger partial charge in [0.25, 0.3) is 0 Å². The van der Waals surface area contributed by atoms with Gasteiger partial charge in [-0.3, -0.25) is 0 Å². The molecule has 322 valence electrons. The summed E-state index contributed by atoms with van der Waals surface area (Å²) in [4.78, 5) is 23.2. The van der Waals surface area contributed by atoms with Gasteiger partial charge in [-0.15, -0.1) is 0 Å². The fourth-order valence-electron chi connectivity index (χ4n) is 5.43. The van der Waals surface area contributed by atoms with E-state index in [9.17, 15) is 9.59 Å². The molecule has 0 fully saturated rings. The van der Waals surface area contributed by atoms with Gasteiger partial charge in [-0.25, -0.2) is 9.59 Å². The van der Waals surface area contributed by atoms with E-state index in [0.717, 1.165) is 0 Å². The second kappa shape index (κ2) is 33.7. The molecule has 1 N–H and O–H groups in total. The molecule has 57 heavy (non-hydrogen) atoms. The fraction of sp³-hybridized carbons (Fsp3) is 0.659. The number of rotatable bonds is 38. The van der Waals surface area contributed by atoms with Crippen LogP contribution in [0, 0.1) is 0 Å². The van der Waals surface area contributed by atoms with Gasteiger partial charge < -0.3 is 66.9 Å². The second-order valence-corrected chi connectivity index (χ2v) is 12.4. The van der Waals surface area contributed by atoms with Crippen LogP contribution in [0.25, 0.3) is 11.1 Å². The molecule has 0 saturated carbocycles. The van der Waals surface area contributed by atoms with Gasteiger partial charge in [0.15, 0.2) is 0 Å². The number of fused-ring (bicyclic) bond motifs is 3. The third-order valence-corrected chi connectivity index (χ3v) is 8.25. The normalized spacial score (nSPS) is 12.1. The third-order valence-electron chi connectivity index (χ3n) is 8.25. The molecule has 0 bridgehead atoms. The van der Waals surface area contributed by atoms with E-state index >= 15 is 0 Å². The molecule has 0 saturated heterocycles. The first-order chi connectivity index (χ1) is 28.2. The molecular weight excluding hydrogens is 746 g/mol. The second-order valence-electron chi connectivity index (χ2n) is 12.4. The van der Waals surface area contributed by atoms with Crippen molar-refractivity contribution >= 4 is 12.1 Å². The molecule has 0 radical (unpaired) electrons. The Kier molecular flexibility index (Phi) is 28.4. The Hall–Kier alpha value is -3.26. The highest BCUT2D eigenvalue weighted by atomic mass is 16.6. The zero-order valence-corrected chi connectivity index (χ0v) is 33.5. The summed E-state index contributed by atoms with van der Waals surface area (Å²) in [6.07, 6.45) is 0.260. The van der Waals surface area contributed by atoms with Gasteiger partial charge >= 0.3 is 12.1 Å². The van der Waals surface area contributed by atoms with Gasteiger partial charge in [0.2, 0.25) is 0 Å². The van der Waals surface area contributed by atoms with Crippen LogP contribution >= 0.6 is 0 Å². The number of benzene rings is 2. The highest BCUT2D eigenvalue weighted by Gasteiger charge is 2.28. The van der Waals surface area contributed by atoms with Crippen molar-refractivity contribution < 1.29 is 71.2 Å². The number of alkyl carbamates (subject to hydrolysis) is 1. The van der Waals surface area contributed by atoms with E-state index in [2.05, 4.69) is 34.3 Å². The minimum atomic E-state index is -0.419. The Morgan fingerprint density at radius 3 is 1.18 bits per heavy atom. The van der Waals surface area contributed by atoms with Gasteiger partial charge in [0.05, 0.1) is 139 Å². The van der Waals surface area contributed by atoms with Crippen LogP contribution in [0.5, 0.6) is 0 Å². The van der Waals surface area contributed by atoms with E-state index in [1.54, 1.807) is 0 Å². The number of carbonyl (C=O) groups is 2. The largest absolute Gasteiger partial charge is 0.467 e. The van der Waals surface area contributed by atoms with Gasteiger partial charge in [-0.2, -0.15) is 0 Å². The third kappa shape index (κ3) is 23.1. The van der Waals surface area contributed by atoms with Crippen LogP contribution in [0.15, 0.2) is 48.5 Å². The molecule has 1 aliphatic carbocycles. The summed E-state index contributed by atoms with van der Waals surface area (Å²) in [6, 6.07) is 16.5. The zero-order valence-electron chi connectivity index (χ0n) is 33.5. The lowest BCUT2D eigenvalue weighted by Crippen LogP contribution is -2.27. The summed E-state index contributed by atoms with van der Waals surface area (Å²) >= 11 is 0. The van der Waals surface area contributed by atoms with Gasteiger partial charge in [-0.05, 0) is 28.7 Å². The van der Waals surface area contributed by atoms with E-state index in [1.807, 2.05) is 24.3 Å². The van der Waals surface area contributed by atoms with Crippen molar-refractivity contribution in [3.63, 3.8) is 0 Å². The molecule has 2 aromatic rings. The Bertz CT molecular complexity index is 1260. The maximum absolute atomic E-state index is 12.3. The number of methoxy groups -OCH3 is 1. The van der Waals surface area contributed by atoms with Crippen LogP contribution in [-0.2, 0) is 66.4 Å². The molecule has 0 unspecified atom stereocenters. The monoisotopic (exact) mass is 809 g/mol. The highest BCUT2D eigenvalue weighted by Crippen LogP contribution is 2.44. The summed E-state index contributed by atoms with van der Waals surface area (Å²) in [7, 11) is 1.31. The lowest BCUT2D eigenvalue weighted by molar-refractivity contribution is -0.146. The number of carbonyl (C=O) groups excluding carboxylic acids is 2. The van der Waals surface area contributed by atoms with Gasteiger partial charge in [0.1, 0.15) is 13.2 Å². The molecule has 2 aromatic carbocycles. The number of amides is 1. The maximum atomic E-state index is 12.3. The Labute approximate surface area is 336 Å². The summed E-state index contributed by atoms with van der Waals surface area (Å²) in [5, 5.41) is 2.80. The lowest BCUT2D eigenvalue weighted by Gasteiger charge is -2.14. The van der Waals surface area contributed by atoms with Crippen molar-refractivity contribution in [1.82, 2.24) is 5.32 Å². The number of hydrogen-bond donors (Lipinski definition) is 1. The number of hydrogen-bond acceptors (Lipinski definition) is 15. The van der Waals surface area contributed by atoms with Crippen molar-refractivity contribution in [1.29, 1.82) is 0 Å². The van der Waals surface area contributed by atoms with Crippen molar-refractivity contribution in [2.45, 2.75) is 12.3 Å². The van der Waals surface area contributed by atoms with Crippen molar-refractivity contribution in [3.05, 3.63) is 59.7 Å². The zero-order chi connectivity index (χ0) is 40.3. The predicted octanol–water partition coefficient (Wildman–Crippen LogP) is 3.27. The minimum Gasteiger partial charge on any atom is -0.467 e. The van der Waals surface area contributed by atoms with Crippen molar-refractivity contribution in [2.75, 3.05) is 166 Å². The van der Waals surface area contributed by atoms with Crippen LogP contribution in [-0.4, -0.2) is 178 Å². The van der Waals surface area contributed by atoms with Gasteiger partial charge in [-0.1, -0.05) is 48.5 Å². The summed E-state index contributed by atoms with van der Waals surface area (Å²) < 4.78 is 69.9. The van der Waals surface area contributed by atoms with Crippen molar-refractivity contribution in [2.24, 2.45) is 0 Å². The summed E-state index contributed by atoms with van der Waals surface area (Å²) in [6.45, 7) is 10.5. The Morgan fingerprint density at radius 1 is 0.474 bits per heavy atom. The first kappa shape index (κ1) is 48.1. The predicted molar refractivity (Wildman–Crippen MR) is 209 cm³/mol. The smallest absolute Gasteiger partial charge is 0.407 e. The molecule has 1 aliphatic rings. The van der Waals surface area contributed by atoms with Crippen LogP contribution in [0.3, 0.4) is 0 Å². The van der Waals surface area contributed by atoms with E-state index in [4.69, 9.17) is 56.8 Å². The van der Waals surface area contributed by atoms with Crippen LogP contribution < -0.4 is 5.32 Å². The molecule has 0 heterocycles. The average Bonchev–Trinajstić information content (AvgIpc) is 3.56. The quantitative estimate of drug-likeness (QED) is 0.0776. The molecule has 0 spiro atoms. The first-order valence-electron chi connectivity index (χ1n) is 19.7. The SMILES string of the molecule is COC(=O)COCCOCCOCCOCCOCCOCCOCCOCCOCCOCCOCCCNC(=O)OCC1c2ccccc2-c2ccccc21. The van der Waals surface area contributed by atoms with Gasteiger partial charge in [0, 0.05) is 19.1 Å². The Morgan fingerprint density at radius 2 is 0.807 bits per heavy atom. The van der Waals surface area contributed by atoms with E-state index in [-0.39, 0.29) is 12.5 Å². The fourth-order valence-corrected chi connectivity index (χ4v) is 5.43. The highest BCUT2D eigenvalue weighted by molar-refractivity contribution is 5.79. The lowest BCUT2D eigenvalue weighted by atomic mass is 9.98. The van der Waals surface area contributed by atoms with Crippen LogP contribution in [0.1, 0.15) is 23.5 Å². The molecular formula is C41H63NO15. The van der Waals surface area contributed by atoms with Crippen LogP contribution in [0.2, 0.25) is 0 Å². The topological polar surface area (TPSA) is 166 Å². The van der Waals surface area contributed by atoms with Crippen molar-refractivity contribution in [3.8, 4) is 11.1 Å². The molecule has 0 aromatic heterocycles. The van der Waals surface area contributed by atoms with E-state index in [0.29, 0.717) is 158 Å². The molecule has 0 aliphatic heterocycles. The first-order valence-corrected chi connectivity index (χ1v) is 19.7. The number of ether oxygens (including phenoxy) is 13. The molecule has 16 nitrogen and oxygen atoms in total. The number of nitrogens with one attached hydrogen (secondary N) is 1. The molecule has 16 heteroatoms. The minimum absolute atomic E-state index is 0.0455. The summed E-state index contributed by atoms with van der Waals surface area (Å²) in [5.74, 6) is -0.366. The molecule has 0 atom stereocenters. The van der Waals surface area contributed by atoms with Crippen LogP contribution in [0.4, 0.5) is 4.79 Å². The molecule has 1 amide bonds. The Balaban J connectivity index is 0.935. The summed E-state index contributed by atoms with van der Waals surface area (Å²) in [5.41, 5.74) is 4.79. The van der Waals surface area contributed by atoms with E-state index < -0.39 is 12.1 Å². The van der Waals surface area contributed by atoms with E-state index in [1.165, 1.54) is 29.4 Å². The molecule has 3 rings (SSSR count). The maximum Gasteiger partial charge on any atom is 0.407 e. The average molecular weight is 810 g/mol. The standard InChI is InChI=1S/C41H63NO15/c1-45-40(43)34-56-32-31-55-30-29-54-28-27-53-26-25-52-24-23-51-22-21-50-20-19-49-18-17-48-16-15-47-14-13-46-12-6-11-42-41(44)57-33-39-37-9-4-2-7-35(37)36-8-3-5-10-38(36)39/h2-5,7-10,39H,6,11-34H2,1H3,(H,42,44). The number of esters is 1.